The van der Waals surface area contributed by atoms with Crippen LogP contribution in [0.25, 0.3) is 0 Å². The highest BCUT2D eigenvalue weighted by molar-refractivity contribution is 5.76. The molecule has 0 unspecified atom stereocenters. The SMILES string of the molecule is COc1ccc(C2(CNC(=O)CC3(Cn4cnnn4)CCCCC3)CCOCC2)cc1. The number of carbonyl (C=O) groups is 1. The molecule has 4 rings (SSSR count). The molecule has 0 atom stereocenters. The molecule has 2 aromatic rings. The van der Waals surface area contributed by atoms with Gasteiger partial charge in [0, 0.05) is 31.6 Å². The van der Waals surface area contributed by atoms with Crippen LogP contribution in [0.3, 0.4) is 0 Å². The van der Waals surface area contributed by atoms with Crippen molar-refractivity contribution >= 4 is 5.91 Å². The van der Waals surface area contributed by atoms with Crippen molar-refractivity contribution in [2.45, 2.75) is 63.3 Å². The molecule has 31 heavy (non-hydrogen) atoms. The maximum Gasteiger partial charge on any atom is 0.220 e. The van der Waals surface area contributed by atoms with E-state index in [-0.39, 0.29) is 16.7 Å². The number of tetrazole rings is 1. The summed E-state index contributed by atoms with van der Waals surface area (Å²) in [5.74, 6) is 0.964. The monoisotopic (exact) mass is 427 g/mol. The molecule has 168 valence electrons. The Hall–Kier alpha value is -2.48. The largest absolute Gasteiger partial charge is 0.497 e. The van der Waals surface area contributed by atoms with E-state index < -0.39 is 0 Å². The van der Waals surface area contributed by atoms with Crippen LogP contribution in [0.5, 0.6) is 5.75 Å². The molecule has 2 aliphatic rings. The Bertz CT molecular complexity index is 825. The highest BCUT2D eigenvalue weighted by Gasteiger charge is 2.38. The van der Waals surface area contributed by atoms with E-state index in [0.29, 0.717) is 32.7 Å². The number of methoxy groups -OCH3 is 1. The first kappa shape index (κ1) is 21.7. The van der Waals surface area contributed by atoms with Crippen molar-refractivity contribution in [3.63, 3.8) is 0 Å². The molecule has 1 amide bonds. The Morgan fingerprint density at radius 1 is 1.13 bits per heavy atom. The first-order valence-corrected chi connectivity index (χ1v) is 11.3. The lowest BCUT2D eigenvalue weighted by atomic mass is 9.71. The molecule has 1 saturated heterocycles. The number of amides is 1. The van der Waals surface area contributed by atoms with Gasteiger partial charge in [-0.25, -0.2) is 4.68 Å². The third-order valence-electron chi connectivity index (χ3n) is 7.11. The molecule has 2 fully saturated rings. The average molecular weight is 428 g/mol. The normalized spacial score (nSPS) is 20.2. The summed E-state index contributed by atoms with van der Waals surface area (Å²) in [5, 5.41) is 14.9. The lowest BCUT2D eigenvalue weighted by Gasteiger charge is -2.39. The van der Waals surface area contributed by atoms with Crippen LogP contribution >= 0.6 is 0 Å². The topological polar surface area (TPSA) is 91.2 Å². The maximum absolute atomic E-state index is 13.1. The molecule has 0 radical (unpaired) electrons. The number of ether oxygens (including phenoxy) is 2. The fourth-order valence-corrected chi connectivity index (χ4v) is 5.23. The van der Waals surface area contributed by atoms with Gasteiger partial charge in [0.25, 0.3) is 0 Å². The summed E-state index contributed by atoms with van der Waals surface area (Å²) in [7, 11) is 1.68. The second-order valence-electron chi connectivity index (χ2n) is 9.14. The first-order chi connectivity index (χ1) is 15.1. The van der Waals surface area contributed by atoms with Gasteiger partial charge in [-0.3, -0.25) is 4.79 Å². The van der Waals surface area contributed by atoms with E-state index in [0.717, 1.165) is 44.3 Å². The zero-order chi connectivity index (χ0) is 21.6. The van der Waals surface area contributed by atoms with Crippen molar-refractivity contribution in [1.82, 2.24) is 25.5 Å². The number of rotatable bonds is 8. The van der Waals surface area contributed by atoms with Crippen molar-refractivity contribution in [2.75, 3.05) is 26.9 Å². The number of aromatic nitrogens is 4. The first-order valence-electron chi connectivity index (χ1n) is 11.3. The standard InChI is InChI=1S/C23H33N5O3/c1-30-20-7-5-19(6-8-20)23(11-13-31-14-12-23)16-24-21(29)15-22(9-3-2-4-10-22)17-28-18-25-26-27-28/h5-8,18H,2-4,9-17H2,1H3,(H,24,29). The second kappa shape index (κ2) is 9.77. The molecule has 2 heterocycles. The molecule has 8 heteroatoms. The molecular weight excluding hydrogens is 394 g/mol. The van der Waals surface area contributed by atoms with Crippen molar-refractivity contribution in [2.24, 2.45) is 5.41 Å². The van der Waals surface area contributed by atoms with E-state index in [1.807, 2.05) is 12.1 Å². The minimum absolute atomic E-state index is 0.0688. The fraction of sp³-hybridized carbons (Fsp3) is 0.652. The van der Waals surface area contributed by atoms with Crippen LogP contribution in [-0.2, 0) is 21.5 Å². The zero-order valence-electron chi connectivity index (χ0n) is 18.4. The van der Waals surface area contributed by atoms with Crippen LogP contribution in [0, 0.1) is 5.41 Å². The number of benzene rings is 1. The molecule has 1 saturated carbocycles. The van der Waals surface area contributed by atoms with Gasteiger partial charge in [0.1, 0.15) is 12.1 Å². The number of nitrogens with one attached hydrogen (secondary N) is 1. The lowest BCUT2D eigenvalue weighted by Crippen LogP contribution is -2.46. The predicted molar refractivity (Wildman–Crippen MR) is 116 cm³/mol. The van der Waals surface area contributed by atoms with Gasteiger partial charge in [-0.2, -0.15) is 0 Å². The molecule has 8 nitrogen and oxygen atoms in total. The average Bonchev–Trinajstić information content (AvgIpc) is 3.31. The summed E-state index contributed by atoms with van der Waals surface area (Å²) in [5.41, 5.74) is 1.06. The van der Waals surface area contributed by atoms with Gasteiger partial charge < -0.3 is 14.8 Å². The van der Waals surface area contributed by atoms with E-state index in [1.54, 1.807) is 18.1 Å². The van der Waals surface area contributed by atoms with Gasteiger partial charge >= 0.3 is 0 Å². The molecule has 1 aromatic heterocycles. The Kier molecular flexibility index (Phi) is 6.85. The predicted octanol–water partition coefficient (Wildman–Crippen LogP) is 2.89. The van der Waals surface area contributed by atoms with Gasteiger partial charge in [-0.15, -0.1) is 5.10 Å². The van der Waals surface area contributed by atoms with E-state index in [9.17, 15) is 4.79 Å². The van der Waals surface area contributed by atoms with Crippen LogP contribution in [-0.4, -0.2) is 53.0 Å². The zero-order valence-corrected chi connectivity index (χ0v) is 18.4. The molecule has 0 bridgehead atoms. The van der Waals surface area contributed by atoms with Crippen LogP contribution in [0.1, 0.15) is 56.9 Å². The summed E-state index contributed by atoms with van der Waals surface area (Å²) in [6, 6.07) is 8.24. The molecule has 1 N–H and O–H groups in total. The minimum atomic E-state index is -0.101. The van der Waals surface area contributed by atoms with Crippen molar-refractivity contribution in [1.29, 1.82) is 0 Å². The number of hydrogen-bond acceptors (Lipinski definition) is 6. The molecular formula is C23H33N5O3. The minimum Gasteiger partial charge on any atom is -0.497 e. The quantitative estimate of drug-likeness (QED) is 0.697. The van der Waals surface area contributed by atoms with Gasteiger partial charge in [0.2, 0.25) is 5.91 Å². The highest BCUT2D eigenvalue weighted by atomic mass is 16.5. The molecule has 1 aromatic carbocycles. The van der Waals surface area contributed by atoms with Crippen molar-refractivity contribution in [3.8, 4) is 5.75 Å². The molecule has 1 aliphatic heterocycles. The van der Waals surface area contributed by atoms with Gasteiger partial charge in [0.05, 0.1) is 13.7 Å². The van der Waals surface area contributed by atoms with Crippen LogP contribution in [0.15, 0.2) is 30.6 Å². The third kappa shape index (κ3) is 5.23. The van der Waals surface area contributed by atoms with E-state index >= 15 is 0 Å². The maximum atomic E-state index is 13.1. The second-order valence-corrected chi connectivity index (χ2v) is 9.14. The summed E-state index contributed by atoms with van der Waals surface area (Å²) < 4.78 is 12.7. The van der Waals surface area contributed by atoms with E-state index in [4.69, 9.17) is 9.47 Å². The Morgan fingerprint density at radius 3 is 2.52 bits per heavy atom. The third-order valence-corrected chi connectivity index (χ3v) is 7.11. The fourth-order valence-electron chi connectivity index (χ4n) is 5.23. The van der Waals surface area contributed by atoms with Gasteiger partial charge in [0.15, 0.2) is 0 Å². The van der Waals surface area contributed by atoms with E-state index in [2.05, 4.69) is 33.0 Å². The Labute approximate surface area is 183 Å². The van der Waals surface area contributed by atoms with Crippen molar-refractivity contribution < 1.29 is 14.3 Å². The summed E-state index contributed by atoms with van der Waals surface area (Å²) in [4.78, 5) is 13.1. The van der Waals surface area contributed by atoms with Crippen LogP contribution < -0.4 is 10.1 Å². The van der Waals surface area contributed by atoms with E-state index in [1.165, 1.54) is 12.0 Å². The van der Waals surface area contributed by atoms with Crippen LogP contribution in [0.4, 0.5) is 0 Å². The lowest BCUT2D eigenvalue weighted by molar-refractivity contribution is -0.124. The summed E-state index contributed by atoms with van der Waals surface area (Å²) in [6.07, 6.45) is 9.59. The molecule has 1 aliphatic carbocycles. The Morgan fingerprint density at radius 2 is 1.87 bits per heavy atom. The smallest absolute Gasteiger partial charge is 0.220 e. The summed E-state index contributed by atoms with van der Waals surface area (Å²) >= 11 is 0. The Balaban J connectivity index is 1.44. The number of nitrogens with zero attached hydrogens (tertiary/aromatic N) is 4. The number of carbonyl (C=O) groups excluding carboxylic acids is 1. The highest BCUT2D eigenvalue weighted by Crippen LogP contribution is 2.41. The van der Waals surface area contributed by atoms with Gasteiger partial charge in [-0.05, 0) is 59.2 Å². The van der Waals surface area contributed by atoms with Crippen molar-refractivity contribution in [3.05, 3.63) is 36.2 Å². The van der Waals surface area contributed by atoms with Gasteiger partial charge in [-0.1, -0.05) is 31.4 Å². The summed E-state index contributed by atoms with van der Waals surface area (Å²) in [6.45, 7) is 2.75. The molecule has 0 spiro atoms. The van der Waals surface area contributed by atoms with Crippen LogP contribution in [0.2, 0.25) is 0 Å². The number of hydrogen-bond donors (Lipinski definition) is 1.